The molecule has 9 heteroatoms. The lowest BCUT2D eigenvalue weighted by Crippen LogP contribution is -2.41. The normalized spacial score (nSPS) is 16.2. The summed E-state index contributed by atoms with van der Waals surface area (Å²) in [4.78, 5) is 14.1. The van der Waals surface area contributed by atoms with Crippen molar-refractivity contribution in [3.8, 4) is 5.75 Å². The largest absolute Gasteiger partial charge is 0.494 e. The average molecular weight is 381 g/mol. The van der Waals surface area contributed by atoms with Gasteiger partial charge < -0.3 is 14.8 Å². The molecule has 1 aromatic carbocycles. The van der Waals surface area contributed by atoms with Crippen molar-refractivity contribution in [2.24, 2.45) is 0 Å². The van der Waals surface area contributed by atoms with Gasteiger partial charge in [0.05, 0.1) is 37.4 Å². The van der Waals surface area contributed by atoms with E-state index < -0.39 is 10.7 Å². The van der Waals surface area contributed by atoms with Crippen LogP contribution in [0.3, 0.4) is 0 Å². The highest BCUT2D eigenvalue weighted by Gasteiger charge is 2.25. The van der Waals surface area contributed by atoms with Crippen molar-refractivity contribution in [3.05, 3.63) is 50.5 Å². The molecular weight excluding hydrogens is 361 g/mol. The number of methoxy groups -OCH3 is 1. The Kier molecular flexibility index (Phi) is 6.02. The number of hydrogen-bond acceptors (Lipinski definition) is 7. The topological polar surface area (TPSA) is 76.9 Å². The third-order valence-corrected chi connectivity index (χ3v) is 5.28. The predicted octanol–water partition coefficient (Wildman–Crippen LogP) is 3.29. The first-order valence-electron chi connectivity index (χ1n) is 8.21. The van der Waals surface area contributed by atoms with Crippen LogP contribution in [0, 0.1) is 15.9 Å². The Bertz CT molecular complexity index is 751. The van der Waals surface area contributed by atoms with E-state index in [1.807, 2.05) is 17.5 Å². The van der Waals surface area contributed by atoms with Gasteiger partial charge in [0.1, 0.15) is 5.69 Å². The minimum atomic E-state index is -0.757. The summed E-state index contributed by atoms with van der Waals surface area (Å²) in [5.74, 6) is -0.787. The highest BCUT2D eigenvalue weighted by molar-refractivity contribution is 7.10. The van der Waals surface area contributed by atoms with Gasteiger partial charge in [-0.15, -0.1) is 11.3 Å². The number of halogens is 1. The fraction of sp³-hybridized carbons (Fsp3) is 0.412. The van der Waals surface area contributed by atoms with Crippen LogP contribution >= 0.6 is 11.3 Å². The Morgan fingerprint density at radius 1 is 1.46 bits per heavy atom. The Morgan fingerprint density at radius 2 is 2.23 bits per heavy atom. The third kappa shape index (κ3) is 4.12. The van der Waals surface area contributed by atoms with Gasteiger partial charge in [-0.2, -0.15) is 0 Å². The number of nitro groups is 1. The van der Waals surface area contributed by atoms with Gasteiger partial charge in [-0.3, -0.25) is 15.0 Å². The SMILES string of the molecule is COc1cc(NCC(c2cccs2)N2CCOCC2)c([N+](=O)[O-])cc1F. The first-order chi connectivity index (χ1) is 12.6. The number of morpholine rings is 1. The summed E-state index contributed by atoms with van der Waals surface area (Å²) in [6, 6.07) is 6.30. The average Bonchev–Trinajstić information content (AvgIpc) is 3.17. The second kappa shape index (κ2) is 8.43. The summed E-state index contributed by atoms with van der Waals surface area (Å²) >= 11 is 1.64. The zero-order chi connectivity index (χ0) is 18.5. The molecule has 0 amide bonds. The summed E-state index contributed by atoms with van der Waals surface area (Å²) in [6.07, 6.45) is 0. The molecule has 0 spiro atoms. The summed E-state index contributed by atoms with van der Waals surface area (Å²) in [5.41, 5.74) is -0.0710. The lowest BCUT2D eigenvalue weighted by atomic mass is 10.1. The zero-order valence-corrected chi connectivity index (χ0v) is 15.1. The number of hydrogen-bond donors (Lipinski definition) is 1. The van der Waals surface area contributed by atoms with Gasteiger partial charge >= 0.3 is 0 Å². The van der Waals surface area contributed by atoms with Gasteiger partial charge in [0.15, 0.2) is 11.6 Å². The standard InChI is InChI=1S/C17H20FN3O4S/c1-24-16-10-13(14(21(22)23)9-12(16)18)19-11-15(17-3-2-8-26-17)20-4-6-25-7-5-20/h2-3,8-10,15,19H,4-7,11H2,1H3. The van der Waals surface area contributed by atoms with E-state index >= 15 is 0 Å². The fourth-order valence-corrected chi connectivity index (χ4v) is 3.84. The second-order valence-electron chi connectivity index (χ2n) is 5.82. The fourth-order valence-electron chi connectivity index (χ4n) is 2.98. The van der Waals surface area contributed by atoms with Gasteiger partial charge in [0.2, 0.25) is 0 Å². The van der Waals surface area contributed by atoms with E-state index in [0.717, 1.165) is 24.0 Å². The Hall–Kier alpha value is -2.23. The summed E-state index contributed by atoms with van der Waals surface area (Å²) in [7, 11) is 1.33. The van der Waals surface area contributed by atoms with Gasteiger partial charge in [-0.25, -0.2) is 4.39 Å². The predicted molar refractivity (Wildman–Crippen MR) is 97.5 cm³/mol. The molecule has 1 aliphatic rings. The van der Waals surface area contributed by atoms with Crippen LogP contribution in [0.25, 0.3) is 0 Å². The molecule has 26 heavy (non-hydrogen) atoms. The number of nitrogens with one attached hydrogen (secondary N) is 1. The van der Waals surface area contributed by atoms with Gasteiger partial charge in [-0.1, -0.05) is 6.07 Å². The first kappa shape index (κ1) is 18.6. The van der Waals surface area contributed by atoms with Gasteiger partial charge in [0, 0.05) is 30.6 Å². The van der Waals surface area contributed by atoms with Crippen molar-refractivity contribution in [3.63, 3.8) is 0 Å². The Morgan fingerprint density at radius 3 is 2.85 bits per heavy atom. The van der Waals surface area contributed by atoms with Crippen molar-refractivity contribution < 1.29 is 18.8 Å². The Balaban J connectivity index is 1.83. The van der Waals surface area contributed by atoms with Crippen molar-refractivity contribution in [1.82, 2.24) is 4.90 Å². The number of thiophene rings is 1. The molecule has 1 aliphatic heterocycles. The number of nitrogens with zero attached hydrogens (tertiary/aromatic N) is 2. The van der Waals surface area contributed by atoms with Crippen LogP contribution < -0.4 is 10.1 Å². The molecule has 1 N–H and O–H groups in total. The number of nitro benzene ring substituents is 1. The molecule has 140 valence electrons. The number of anilines is 1. The maximum absolute atomic E-state index is 13.8. The van der Waals surface area contributed by atoms with E-state index in [9.17, 15) is 14.5 Å². The third-order valence-electron chi connectivity index (χ3n) is 4.31. The first-order valence-corrected chi connectivity index (χ1v) is 9.09. The van der Waals surface area contributed by atoms with Crippen molar-refractivity contribution >= 4 is 22.7 Å². The van der Waals surface area contributed by atoms with Crippen LogP contribution in [0.2, 0.25) is 0 Å². The number of rotatable bonds is 7. The number of benzene rings is 1. The number of ether oxygens (including phenoxy) is 2. The highest BCUT2D eigenvalue weighted by Crippen LogP contribution is 2.33. The monoisotopic (exact) mass is 381 g/mol. The van der Waals surface area contributed by atoms with Crippen molar-refractivity contribution in [2.45, 2.75) is 6.04 Å². The molecule has 1 unspecified atom stereocenters. The van der Waals surface area contributed by atoms with E-state index in [2.05, 4.69) is 10.2 Å². The van der Waals surface area contributed by atoms with E-state index in [1.165, 1.54) is 13.2 Å². The van der Waals surface area contributed by atoms with E-state index in [1.54, 1.807) is 11.3 Å². The Labute approximate surface area is 154 Å². The molecule has 0 aliphatic carbocycles. The smallest absolute Gasteiger partial charge is 0.295 e. The minimum absolute atomic E-state index is 0.0304. The highest BCUT2D eigenvalue weighted by atomic mass is 32.1. The molecular formula is C17H20FN3O4S. The summed E-state index contributed by atoms with van der Waals surface area (Å²) < 4.78 is 24.2. The maximum Gasteiger partial charge on any atom is 0.295 e. The zero-order valence-electron chi connectivity index (χ0n) is 14.3. The maximum atomic E-state index is 13.8. The van der Waals surface area contributed by atoms with Gasteiger partial charge in [0.25, 0.3) is 5.69 Å². The summed E-state index contributed by atoms with van der Waals surface area (Å²) in [6.45, 7) is 3.35. The minimum Gasteiger partial charge on any atom is -0.494 e. The molecule has 7 nitrogen and oxygen atoms in total. The molecule has 1 fully saturated rings. The molecule has 1 aromatic heterocycles. The molecule has 1 saturated heterocycles. The van der Waals surface area contributed by atoms with Crippen LogP contribution in [-0.2, 0) is 4.74 Å². The van der Waals surface area contributed by atoms with Crippen molar-refractivity contribution in [2.75, 3.05) is 45.3 Å². The van der Waals surface area contributed by atoms with E-state index in [0.29, 0.717) is 19.8 Å². The van der Waals surface area contributed by atoms with Crippen LogP contribution in [0.15, 0.2) is 29.6 Å². The summed E-state index contributed by atoms with van der Waals surface area (Å²) in [5, 5.41) is 16.4. The van der Waals surface area contributed by atoms with E-state index in [4.69, 9.17) is 9.47 Å². The molecule has 3 rings (SSSR count). The molecule has 2 aromatic rings. The van der Waals surface area contributed by atoms with Crippen LogP contribution in [0.1, 0.15) is 10.9 Å². The van der Waals surface area contributed by atoms with E-state index in [-0.39, 0.29) is 23.2 Å². The van der Waals surface area contributed by atoms with Crippen molar-refractivity contribution in [1.29, 1.82) is 0 Å². The molecule has 0 saturated carbocycles. The molecule has 0 radical (unpaired) electrons. The lowest BCUT2D eigenvalue weighted by Gasteiger charge is -2.34. The molecule has 1 atom stereocenters. The molecule has 0 bridgehead atoms. The van der Waals surface area contributed by atoms with Crippen LogP contribution in [0.5, 0.6) is 5.75 Å². The second-order valence-corrected chi connectivity index (χ2v) is 6.80. The quantitative estimate of drug-likeness (QED) is 0.586. The lowest BCUT2D eigenvalue weighted by molar-refractivity contribution is -0.384. The molecule has 2 heterocycles. The van der Waals surface area contributed by atoms with Crippen LogP contribution in [-0.4, -0.2) is 49.8 Å². The van der Waals surface area contributed by atoms with Gasteiger partial charge in [-0.05, 0) is 11.4 Å². The van der Waals surface area contributed by atoms with Crippen LogP contribution in [0.4, 0.5) is 15.8 Å².